The Labute approximate surface area is 86.6 Å². The Kier molecular flexibility index (Phi) is 4.97. The Bertz CT molecular complexity index is 255. The summed E-state index contributed by atoms with van der Waals surface area (Å²) < 4.78 is 5.78. The molecule has 0 unspecified atom stereocenters. The van der Waals surface area contributed by atoms with Crippen LogP contribution in [-0.2, 0) is 11.3 Å². The van der Waals surface area contributed by atoms with E-state index in [1.165, 1.54) is 0 Å². The van der Waals surface area contributed by atoms with Crippen molar-refractivity contribution < 1.29 is 4.74 Å². The van der Waals surface area contributed by atoms with Crippen molar-refractivity contribution in [3.8, 4) is 0 Å². The van der Waals surface area contributed by atoms with Gasteiger partial charge in [0.2, 0.25) is 0 Å². The van der Waals surface area contributed by atoms with Crippen molar-refractivity contribution in [2.75, 3.05) is 20.3 Å². The molecular weight excluding hydrogens is 232 g/mol. The van der Waals surface area contributed by atoms with Crippen LogP contribution in [0.4, 0.5) is 0 Å². The van der Waals surface area contributed by atoms with Crippen molar-refractivity contribution in [2.45, 2.75) is 6.54 Å². The quantitative estimate of drug-likeness (QED) is 0.631. The summed E-state index contributed by atoms with van der Waals surface area (Å²) in [6.45, 7) is 2.36. The number of hydrogen-bond acceptors (Lipinski definition) is 3. The maximum atomic E-state index is 4.91. The number of nitrogens with zero attached hydrogens (tertiary/aromatic N) is 1. The van der Waals surface area contributed by atoms with Crippen LogP contribution < -0.4 is 5.32 Å². The molecule has 0 amide bonds. The molecular formula is C9H13BrN2O. The van der Waals surface area contributed by atoms with Crippen molar-refractivity contribution in [3.05, 3.63) is 28.5 Å². The van der Waals surface area contributed by atoms with E-state index in [2.05, 4.69) is 26.2 Å². The number of hydrogen-bond donors (Lipinski definition) is 1. The molecule has 0 spiro atoms. The summed E-state index contributed by atoms with van der Waals surface area (Å²) in [7, 11) is 1.69. The van der Waals surface area contributed by atoms with Crippen LogP contribution in [0.5, 0.6) is 0 Å². The summed E-state index contributed by atoms with van der Waals surface area (Å²) in [5.41, 5.74) is 1.03. The van der Waals surface area contributed by atoms with E-state index in [0.717, 1.165) is 30.0 Å². The van der Waals surface area contributed by atoms with Gasteiger partial charge in [-0.3, -0.25) is 0 Å². The molecule has 0 fully saturated rings. The van der Waals surface area contributed by atoms with Gasteiger partial charge in [0, 0.05) is 20.2 Å². The van der Waals surface area contributed by atoms with Crippen molar-refractivity contribution >= 4 is 15.9 Å². The lowest BCUT2D eigenvalue weighted by Gasteiger charge is -2.03. The predicted molar refractivity (Wildman–Crippen MR) is 55.5 cm³/mol. The second kappa shape index (κ2) is 6.07. The van der Waals surface area contributed by atoms with E-state index >= 15 is 0 Å². The van der Waals surface area contributed by atoms with Gasteiger partial charge in [0.15, 0.2) is 0 Å². The van der Waals surface area contributed by atoms with Crippen molar-refractivity contribution in [1.29, 1.82) is 0 Å². The summed E-state index contributed by atoms with van der Waals surface area (Å²) in [5.74, 6) is 0. The number of nitrogens with one attached hydrogen (secondary N) is 1. The second-order valence-electron chi connectivity index (χ2n) is 2.62. The Balaban J connectivity index is 2.28. The molecule has 4 heteroatoms. The maximum absolute atomic E-state index is 4.91. The summed E-state index contributed by atoms with van der Waals surface area (Å²) >= 11 is 3.32. The molecule has 1 N–H and O–H groups in total. The third-order valence-electron chi connectivity index (χ3n) is 1.56. The second-order valence-corrected chi connectivity index (χ2v) is 3.43. The minimum atomic E-state index is 0.730. The minimum Gasteiger partial charge on any atom is -0.383 e. The van der Waals surface area contributed by atoms with Crippen LogP contribution in [-0.4, -0.2) is 25.2 Å². The summed E-state index contributed by atoms with van der Waals surface area (Å²) in [4.78, 5) is 4.28. The van der Waals surface area contributed by atoms with Crippen LogP contribution in [0.15, 0.2) is 22.8 Å². The van der Waals surface area contributed by atoms with E-state index in [0.29, 0.717) is 0 Å². The van der Waals surface area contributed by atoms with Crippen LogP contribution >= 0.6 is 15.9 Å². The molecule has 0 bridgehead atoms. The van der Waals surface area contributed by atoms with Gasteiger partial charge >= 0.3 is 0 Å². The summed E-state index contributed by atoms with van der Waals surface area (Å²) in [5, 5.41) is 3.22. The Morgan fingerprint density at radius 2 is 2.38 bits per heavy atom. The highest BCUT2D eigenvalue weighted by Gasteiger charge is 1.94. The van der Waals surface area contributed by atoms with Crippen molar-refractivity contribution in [1.82, 2.24) is 10.3 Å². The van der Waals surface area contributed by atoms with Crippen LogP contribution in [0.25, 0.3) is 0 Å². The number of rotatable bonds is 5. The van der Waals surface area contributed by atoms with Crippen molar-refractivity contribution in [3.63, 3.8) is 0 Å². The minimum absolute atomic E-state index is 0.730. The zero-order valence-electron chi connectivity index (χ0n) is 7.59. The van der Waals surface area contributed by atoms with Crippen LogP contribution in [0.1, 0.15) is 5.69 Å². The first kappa shape index (κ1) is 10.6. The molecule has 13 heavy (non-hydrogen) atoms. The van der Waals surface area contributed by atoms with Gasteiger partial charge in [-0.05, 0) is 28.1 Å². The van der Waals surface area contributed by atoms with Gasteiger partial charge in [-0.15, -0.1) is 0 Å². The molecule has 0 saturated heterocycles. The highest BCUT2D eigenvalue weighted by Crippen LogP contribution is 2.05. The molecule has 0 aromatic carbocycles. The maximum Gasteiger partial charge on any atom is 0.106 e. The molecule has 72 valence electrons. The SMILES string of the molecule is COCCNCc1cccc(Br)n1. The van der Waals surface area contributed by atoms with Gasteiger partial charge in [0.25, 0.3) is 0 Å². The Morgan fingerprint density at radius 1 is 1.54 bits per heavy atom. The number of halogens is 1. The Morgan fingerprint density at radius 3 is 3.08 bits per heavy atom. The highest BCUT2D eigenvalue weighted by atomic mass is 79.9. The first-order valence-electron chi connectivity index (χ1n) is 4.14. The van der Waals surface area contributed by atoms with Crippen molar-refractivity contribution in [2.24, 2.45) is 0 Å². The first-order chi connectivity index (χ1) is 6.33. The van der Waals surface area contributed by atoms with Gasteiger partial charge in [-0.25, -0.2) is 4.98 Å². The molecule has 0 aliphatic heterocycles. The fourth-order valence-corrected chi connectivity index (χ4v) is 1.32. The number of pyridine rings is 1. The van der Waals surface area contributed by atoms with Gasteiger partial charge < -0.3 is 10.1 Å². The lowest BCUT2D eigenvalue weighted by atomic mass is 10.3. The molecule has 1 aromatic heterocycles. The van der Waals surface area contributed by atoms with E-state index in [4.69, 9.17) is 4.74 Å². The smallest absolute Gasteiger partial charge is 0.106 e. The average molecular weight is 245 g/mol. The lowest BCUT2D eigenvalue weighted by molar-refractivity contribution is 0.199. The summed E-state index contributed by atoms with van der Waals surface area (Å²) in [6, 6.07) is 5.88. The lowest BCUT2D eigenvalue weighted by Crippen LogP contribution is -2.19. The molecule has 1 heterocycles. The number of aromatic nitrogens is 1. The zero-order chi connectivity index (χ0) is 9.52. The number of methoxy groups -OCH3 is 1. The third-order valence-corrected chi connectivity index (χ3v) is 2.00. The van der Waals surface area contributed by atoms with E-state index < -0.39 is 0 Å². The molecule has 0 saturated carbocycles. The predicted octanol–water partition coefficient (Wildman–Crippen LogP) is 1.58. The monoisotopic (exact) mass is 244 g/mol. The molecule has 1 rings (SSSR count). The zero-order valence-corrected chi connectivity index (χ0v) is 9.17. The van der Waals surface area contributed by atoms with Gasteiger partial charge in [-0.2, -0.15) is 0 Å². The largest absolute Gasteiger partial charge is 0.383 e. The van der Waals surface area contributed by atoms with E-state index in [1.54, 1.807) is 7.11 Å². The van der Waals surface area contributed by atoms with Gasteiger partial charge in [0.05, 0.1) is 12.3 Å². The highest BCUT2D eigenvalue weighted by molar-refractivity contribution is 9.10. The van der Waals surface area contributed by atoms with Crippen LogP contribution in [0.3, 0.4) is 0 Å². The topological polar surface area (TPSA) is 34.1 Å². The van der Waals surface area contributed by atoms with E-state index in [1.807, 2.05) is 18.2 Å². The fraction of sp³-hybridized carbons (Fsp3) is 0.444. The Hall–Kier alpha value is -0.450. The molecule has 0 aliphatic carbocycles. The number of ether oxygens (including phenoxy) is 1. The summed E-state index contributed by atoms with van der Waals surface area (Å²) in [6.07, 6.45) is 0. The third kappa shape index (κ3) is 4.36. The van der Waals surface area contributed by atoms with E-state index in [-0.39, 0.29) is 0 Å². The van der Waals surface area contributed by atoms with E-state index in [9.17, 15) is 0 Å². The molecule has 3 nitrogen and oxygen atoms in total. The molecule has 1 aromatic rings. The molecule has 0 atom stereocenters. The van der Waals surface area contributed by atoms with Gasteiger partial charge in [-0.1, -0.05) is 6.07 Å². The first-order valence-corrected chi connectivity index (χ1v) is 4.93. The van der Waals surface area contributed by atoms with Crippen LogP contribution in [0, 0.1) is 0 Å². The average Bonchev–Trinajstić information content (AvgIpc) is 2.13. The standard InChI is InChI=1S/C9H13BrN2O/c1-13-6-5-11-7-8-3-2-4-9(10)12-8/h2-4,11H,5-7H2,1H3. The normalized spacial score (nSPS) is 10.3. The fourth-order valence-electron chi connectivity index (χ4n) is 0.939. The van der Waals surface area contributed by atoms with Gasteiger partial charge in [0.1, 0.15) is 4.60 Å². The van der Waals surface area contributed by atoms with Crippen LogP contribution in [0.2, 0.25) is 0 Å². The molecule has 0 aliphatic rings. The molecule has 0 radical (unpaired) electrons.